The van der Waals surface area contributed by atoms with Gasteiger partial charge >= 0.3 is 0 Å². The number of nitrogens with one attached hydrogen (secondary N) is 2. The van der Waals surface area contributed by atoms with E-state index >= 15 is 0 Å². The van der Waals surface area contributed by atoms with Gasteiger partial charge in [0.05, 0.1) is 0 Å². The smallest absolute Gasteiger partial charge is 0.191 e. The van der Waals surface area contributed by atoms with Crippen LogP contribution in [0.15, 0.2) is 47.7 Å². The number of guanidine groups is 1. The minimum atomic E-state index is 0.483. The first-order valence-corrected chi connectivity index (χ1v) is 10.9. The summed E-state index contributed by atoms with van der Waals surface area (Å²) in [5, 5.41) is 7.11. The molecule has 6 nitrogen and oxygen atoms in total. The van der Waals surface area contributed by atoms with Crippen LogP contribution in [0.5, 0.6) is 0 Å². The average Bonchev–Trinajstić information content (AvgIpc) is 3.14. The molecule has 2 N–H and O–H groups in total. The zero-order chi connectivity index (χ0) is 20.5. The summed E-state index contributed by atoms with van der Waals surface area (Å²) in [6.07, 6.45) is 8.46. The van der Waals surface area contributed by atoms with Crippen molar-refractivity contribution in [3.8, 4) is 0 Å². The SMILES string of the molecule is CN=C(NCCCCn1ccnc1C)NC1CCN(Cc2ccccc2)C(C)C1. The van der Waals surface area contributed by atoms with Gasteiger partial charge in [-0.15, -0.1) is 0 Å². The Hall–Kier alpha value is -2.34. The van der Waals surface area contributed by atoms with Crippen LogP contribution in [0.25, 0.3) is 0 Å². The second-order valence-electron chi connectivity index (χ2n) is 8.04. The molecule has 2 heterocycles. The lowest BCUT2D eigenvalue weighted by Crippen LogP contribution is -2.51. The molecule has 2 unspecified atom stereocenters. The van der Waals surface area contributed by atoms with Gasteiger partial charge in [-0.1, -0.05) is 30.3 Å². The Balaban J connectivity index is 1.35. The average molecular weight is 397 g/mol. The first-order valence-electron chi connectivity index (χ1n) is 10.9. The molecule has 1 saturated heterocycles. The van der Waals surface area contributed by atoms with Crippen LogP contribution in [-0.4, -0.2) is 52.6 Å². The number of hydrogen-bond donors (Lipinski definition) is 2. The van der Waals surface area contributed by atoms with Crippen LogP contribution in [0, 0.1) is 6.92 Å². The fourth-order valence-electron chi connectivity index (χ4n) is 4.05. The molecule has 0 bridgehead atoms. The number of rotatable bonds is 8. The van der Waals surface area contributed by atoms with Crippen molar-refractivity contribution in [2.75, 3.05) is 20.1 Å². The summed E-state index contributed by atoms with van der Waals surface area (Å²) in [5.41, 5.74) is 1.40. The van der Waals surface area contributed by atoms with Crippen LogP contribution in [0.1, 0.15) is 44.0 Å². The van der Waals surface area contributed by atoms with E-state index in [1.54, 1.807) is 0 Å². The molecule has 2 atom stereocenters. The van der Waals surface area contributed by atoms with Gasteiger partial charge in [-0.2, -0.15) is 0 Å². The van der Waals surface area contributed by atoms with Gasteiger partial charge in [-0.3, -0.25) is 9.89 Å². The summed E-state index contributed by atoms with van der Waals surface area (Å²) in [7, 11) is 1.86. The van der Waals surface area contributed by atoms with Crippen molar-refractivity contribution in [3.05, 3.63) is 54.1 Å². The fraction of sp³-hybridized carbons (Fsp3) is 0.565. The highest BCUT2D eigenvalue weighted by atomic mass is 15.2. The molecule has 1 aromatic carbocycles. The number of aryl methyl sites for hydroxylation is 2. The maximum atomic E-state index is 4.42. The van der Waals surface area contributed by atoms with Crippen molar-refractivity contribution in [1.29, 1.82) is 0 Å². The molecule has 6 heteroatoms. The normalized spacial score (nSPS) is 20.6. The molecule has 1 aliphatic heterocycles. The van der Waals surface area contributed by atoms with Crippen molar-refractivity contribution in [2.45, 2.75) is 64.7 Å². The first-order chi connectivity index (χ1) is 14.2. The van der Waals surface area contributed by atoms with E-state index in [0.717, 1.165) is 63.6 Å². The van der Waals surface area contributed by atoms with Crippen molar-refractivity contribution < 1.29 is 0 Å². The van der Waals surface area contributed by atoms with Crippen LogP contribution in [0.2, 0.25) is 0 Å². The van der Waals surface area contributed by atoms with Crippen LogP contribution in [-0.2, 0) is 13.1 Å². The van der Waals surface area contributed by atoms with Crippen LogP contribution in [0.4, 0.5) is 0 Å². The molecule has 0 amide bonds. The molecule has 3 rings (SSSR count). The Labute approximate surface area is 175 Å². The summed E-state index contributed by atoms with van der Waals surface area (Å²) in [6, 6.07) is 11.8. The minimum absolute atomic E-state index is 0.483. The number of aliphatic imine (C=N–C) groups is 1. The third-order valence-corrected chi connectivity index (χ3v) is 5.85. The lowest BCUT2D eigenvalue weighted by molar-refractivity contribution is 0.134. The molecule has 0 spiro atoms. The Bertz CT molecular complexity index is 754. The monoisotopic (exact) mass is 396 g/mol. The number of imidazole rings is 1. The van der Waals surface area contributed by atoms with Gasteiger partial charge in [-0.05, 0) is 45.1 Å². The van der Waals surface area contributed by atoms with E-state index in [-0.39, 0.29) is 0 Å². The van der Waals surface area contributed by atoms with Crippen LogP contribution >= 0.6 is 0 Å². The van der Waals surface area contributed by atoms with E-state index < -0.39 is 0 Å². The van der Waals surface area contributed by atoms with E-state index in [1.807, 2.05) is 13.2 Å². The van der Waals surface area contributed by atoms with Gasteiger partial charge in [0, 0.05) is 57.7 Å². The largest absolute Gasteiger partial charge is 0.356 e. The maximum Gasteiger partial charge on any atom is 0.191 e. The minimum Gasteiger partial charge on any atom is -0.356 e. The standard InChI is InChI=1S/C23H36N6/c1-19-17-22(11-15-29(19)18-21-9-5-4-6-10-21)27-23(24-3)26-12-7-8-14-28-16-13-25-20(28)2/h4-6,9-10,13,16,19,22H,7-8,11-12,14-15,17-18H2,1-3H3,(H2,24,26,27). The van der Waals surface area contributed by atoms with Crippen molar-refractivity contribution in [3.63, 3.8) is 0 Å². The molecular formula is C23H36N6. The molecule has 2 aromatic rings. The highest BCUT2D eigenvalue weighted by Crippen LogP contribution is 2.19. The zero-order valence-corrected chi connectivity index (χ0v) is 18.1. The van der Waals surface area contributed by atoms with E-state index in [1.165, 1.54) is 5.56 Å². The van der Waals surface area contributed by atoms with E-state index in [2.05, 4.69) is 80.5 Å². The highest BCUT2D eigenvalue weighted by molar-refractivity contribution is 5.79. The molecule has 0 radical (unpaired) electrons. The van der Waals surface area contributed by atoms with Gasteiger partial charge < -0.3 is 15.2 Å². The number of likely N-dealkylation sites (tertiary alicyclic amines) is 1. The van der Waals surface area contributed by atoms with E-state index in [4.69, 9.17) is 0 Å². The number of hydrogen-bond acceptors (Lipinski definition) is 3. The third-order valence-electron chi connectivity index (χ3n) is 5.85. The third kappa shape index (κ3) is 6.60. The molecule has 1 aliphatic rings. The number of unbranched alkanes of at least 4 members (excludes halogenated alkanes) is 1. The molecule has 1 fully saturated rings. The Morgan fingerprint density at radius 3 is 2.76 bits per heavy atom. The van der Waals surface area contributed by atoms with E-state index in [0.29, 0.717) is 12.1 Å². The van der Waals surface area contributed by atoms with E-state index in [9.17, 15) is 0 Å². The molecule has 1 aromatic heterocycles. The second kappa shape index (κ2) is 11.0. The van der Waals surface area contributed by atoms with Crippen LogP contribution in [0.3, 0.4) is 0 Å². The predicted molar refractivity (Wildman–Crippen MR) is 120 cm³/mol. The van der Waals surface area contributed by atoms with Gasteiger partial charge in [-0.25, -0.2) is 4.98 Å². The molecule has 0 saturated carbocycles. The first kappa shape index (κ1) is 21.4. The molecule has 0 aliphatic carbocycles. The lowest BCUT2D eigenvalue weighted by Gasteiger charge is -2.38. The molecular weight excluding hydrogens is 360 g/mol. The second-order valence-corrected chi connectivity index (χ2v) is 8.04. The van der Waals surface area contributed by atoms with Gasteiger partial charge in [0.25, 0.3) is 0 Å². The van der Waals surface area contributed by atoms with Crippen molar-refractivity contribution >= 4 is 5.96 Å². The highest BCUT2D eigenvalue weighted by Gasteiger charge is 2.25. The molecule has 158 valence electrons. The van der Waals surface area contributed by atoms with Crippen molar-refractivity contribution in [1.82, 2.24) is 25.1 Å². The van der Waals surface area contributed by atoms with Crippen LogP contribution < -0.4 is 10.6 Å². The summed E-state index contributed by atoms with van der Waals surface area (Å²) < 4.78 is 2.21. The fourth-order valence-corrected chi connectivity index (χ4v) is 4.05. The summed E-state index contributed by atoms with van der Waals surface area (Å²) in [5.74, 6) is 2.01. The molecule has 29 heavy (non-hydrogen) atoms. The number of piperidine rings is 1. The Kier molecular flexibility index (Phi) is 8.11. The van der Waals surface area contributed by atoms with Gasteiger partial charge in [0.1, 0.15) is 5.82 Å². The summed E-state index contributed by atoms with van der Waals surface area (Å²) in [6.45, 7) is 8.51. The lowest BCUT2D eigenvalue weighted by atomic mass is 9.97. The zero-order valence-electron chi connectivity index (χ0n) is 18.1. The topological polar surface area (TPSA) is 57.5 Å². The summed E-state index contributed by atoms with van der Waals surface area (Å²) in [4.78, 5) is 11.3. The maximum absolute atomic E-state index is 4.42. The quantitative estimate of drug-likeness (QED) is 0.409. The number of benzene rings is 1. The predicted octanol–water partition coefficient (Wildman–Crippen LogP) is 3.19. The van der Waals surface area contributed by atoms with Gasteiger partial charge in [0.2, 0.25) is 0 Å². The summed E-state index contributed by atoms with van der Waals surface area (Å²) >= 11 is 0. The van der Waals surface area contributed by atoms with Gasteiger partial charge in [0.15, 0.2) is 5.96 Å². The Morgan fingerprint density at radius 1 is 1.24 bits per heavy atom. The Morgan fingerprint density at radius 2 is 2.07 bits per heavy atom. The number of nitrogens with zero attached hydrogens (tertiary/aromatic N) is 4. The van der Waals surface area contributed by atoms with Crippen molar-refractivity contribution in [2.24, 2.45) is 4.99 Å². The number of aromatic nitrogens is 2.